The molecule has 170 valence electrons. The monoisotopic (exact) mass is 457 g/mol. The van der Waals surface area contributed by atoms with Crippen molar-refractivity contribution in [3.05, 3.63) is 48.8 Å². The lowest BCUT2D eigenvalue weighted by atomic mass is 9.78. The number of nitrogens with one attached hydrogen (secondary N) is 1. The van der Waals surface area contributed by atoms with Crippen molar-refractivity contribution in [2.45, 2.75) is 25.2 Å². The lowest BCUT2D eigenvalue weighted by molar-refractivity contribution is 0.148. The van der Waals surface area contributed by atoms with E-state index in [0.29, 0.717) is 42.0 Å². The van der Waals surface area contributed by atoms with Crippen LogP contribution in [0.1, 0.15) is 20.3 Å². The smallest absolute Gasteiger partial charge is 0.407 e. The average Bonchev–Trinajstić information content (AvgIpc) is 3.42. The van der Waals surface area contributed by atoms with E-state index < -0.39 is 16.1 Å². The Morgan fingerprint density at radius 3 is 2.66 bits per heavy atom. The number of aromatic nitrogens is 2. The molecule has 1 saturated heterocycles. The van der Waals surface area contributed by atoms with Gasteiger partial charge in [0.25, 0.3) is 10.0 Å². The summed E-state index contributed by atoms with van der Waals surface area (Å²) < 4.78 is 27.4. The molecule has 1 unspecified atom stereocenters. The first-order valence-electron chi connectivity index (χ1n) is 10.4. The molecule has 0 radical (unpaired) electrons. The number of carboxylic acid groups (broad SMARTS) is 1. The van der Waals surface area contributed by atoms with Crippen molar-refractivity contribution < 1.29 is 18.3 Å². The first kappa shape index (κ1) is 21.9. The minimum Gasteiger partial charge on any atom is -0.465 e. The van der Waals surface area contributed by atoms with Crippen molar-refractivity contribution in [2.24, 2.45) is 11.3 Å². The molecule has 0 saturated carbocycles. The van der Waals surface area contributed by atoms with Gasteiger partial charge in [0.1, 0.15) is 0 Å². The highest BCUT2D eigenvalue weighted by Gasteiger charge is 2.37. The summed E-state index contributed by atoms with van der Waals surface area (Å²) in [6.45, 7) is 5.76. The molecule has 1 fully saturated rings. The maximum absolute atomic E-state index is 13.1. The number of hydrogen-bond acceptors (Lipinski definition) is 6. The summed E-state index contributed by atoms with van der Waals surface area (Å²) in [5.74, 6) is 0.202. The van der Waals surface area contributed by atoms with Gasteiger partial charge in [-0.05, 0) is 36.0 Å². The Labute approximate surface area is 186 Å². The highest BCUT2D eigenvalue weighted by molar-refractivity contribution is 7.90. The van der Waals surface area contributed by atoms with Crippen LogP contribution >= 0.6 is 0 Å². The zero-order valence-electron chi connectivity index (χ0n) is 18.0. The van der Waals surface area contributed by atoms with Crippen molar-refractivity contribution in [1.29, 1.82) is 0 Å². The lowest BCUT2D eigenvalue weighted by Gasteiger charge is -2.32. The van der Waals surface area contributed by atoms with Gasteiger partial charge >= 0.3 is 6.09 Å². The van der Waals surface area contributed by atoms with Gasteiger partial charge in [-0.3, -0.25) is 0 Å². The largest absolute Gasteiger partial charge is 0.465 e. The topological polar surface area (TPSA) is 131 Å². The highest BCUT2D eigenvalue weighted by Crippen LogP contribution is 2.37. The first-order chi connectivity index (χ1) is 15.1. The number of rotatable bonds is 6. The molecule has 0 bridgehead atoms. The number of anilines is 2. The van der Waals surface area contributed by atoms with Crippen LogP contribution in [0.4, 0.5) is 16.2 Å². The van der Waals surface area contributed by atoms with Crippen molar-refractivity contribution >= 4 is 38.5 Å². The molecule has 0 aliphatic carbocycles. The zero-order valence-corrected chi connectivity index (χ0v) is 18.8. The molecule has 4 N–H and O–H groups in total. The number of nitrogens with zero attached hydrogens (tertiary/aromatic N) is 3. The Kier molecular flexibility index (Phi) is 5.49. The molecule has 32 heavy (non-hydrogen) atoms. The van der Waals surface area contributed by atoms with Gasteiger partial charge in [0.05, 0.1) is 22.5 Å². The van der Waals surface area contributed by atoms with E-state index in [1.807, 2.05) is 0 Å². The maximum Gasteiger partial charge on any atom is 0.407 e. The fraction of sp³-hybridized carbons (Fsp3) is 0.364. The maximum atomic E-state index is 13.1. The molecule has 1 aromatic carbocycles. The SMILES string of the molecule is CC(C)(CNc1c(N)cnc2c1ccn2S(=O)(=O)c1ccccc1)C1CCN(C(=O)O)C1. The Bertz CT molecular complexity index is 1250. The lowest BCUT2D eigenvalue weighted by Crippen LogP contribution is -2.35. The van der Waals surface area contributed by atoms with Crippen molar-refractivity contribution in [3.63, 3.8) is 0 Å². The third kappa shape index (κ3) is 3.86. The van der Waals surface area contributed by atoms with Crippen LogP contribution < -0.4 is 11.1 Å². The fourth-order valence-corrected chi connectivity index (χ4v) is 5.53. The van der Waals surface area contributed by atoms with E-state index in [1.165, 1.54) is 17.3 Å². The number of pyridine rings is 1. The van der Waals surface area contributed by atoms with Crippen LogP contribution in [0.5, 0.6) is 0 Å². The standard InChI is InChI=1S/C22H27N5O4S/c1-22(2,15-8-10-26(13-15)21(28)29)14-25-19-17-9-11-27(20(17)24-12-18(19)23)32(30,31)16-6-4-3-5-7-16/h3-7,9,11-12,15H,8,10,13-14,23H2,1-2H3,(H,24,25)(H,28,29). The molecule has 3 heterocycles. The third-order valence-corrected chi connectivity index (χ3v) is 7.98. The van der Waals surface area contributed by atoms with Crippen LogP contribution in [0.15, 0.2) is 53.7 Å². The number of likely N-dealkylation sites (tertiary alicyclic amines) is 1. The van der Waals surface area contributed by atoms with E-state index in [0.717, 1.165) is 10.4 Å². The molecular weight excluding hydrogens is 430 g/mol. The minimum atomic E-state index is -3.80. The number of hydrogen-bond donors (Lipinski definition) is 3. The van der Waals surface area contributed by atoms with Crippen LogP contribution in [0.2, 0.25) is 0 Å². The number of benzene rings is 1. The molecule has 2 aromatic heterocycles. The second-order valence-electron chi connectivity index (χ2n) is 8.81. The Hall–Kier alpha value is -3.27. The summed E-state index contributed by atoms with van der Waals surface area (Å²) in [6, 6.07) is 9.89. The second-order valence-corrected chi connectivity index (χ2v) is 10.6. The molecule has 1 amide bonds. The number of nitrogens with two attached hydrogens (primary N) is 1. The van der Waals surface area contributed by atoms with Crippen LogP contribution in [0.3, 0.4) is 0 Å². The normalized spacial score (nSPS) is 17.1. The van der Waals surface area contributed by atoms with Gasteiger partial charge in [-0.15, -0.1) is 0 Å². The van der Waals surface area contributed by atoms with Crippen LogP contribution in [-0.2, 0) is 10.0 Å². The number of carbonyl (C=O) groups is 1. The third-order valence-electron chi connectivity index (χ3n) is 6.29. The zero-order chi connectivity index (χ0) is 23.1. The number of amides is 1. The molecule has 3 aromatic rings. The van der Waals surface area contributed by atoms with E-state index in [1.54, 1.807) is 36.4 Å². The molecular formula is C22H27N5O4S. The molecule has 4 rings (SSSR count). The highest BCUT2D eigenvalue weighted by atomic mass is 32.2. The van der Waals surface area contributed by atoms with Gasteiger partial charge in [-0.1, -0.05) is 32.0 Å². The molecule has 1 aliphatic rings. The molecule has 10 heteroatoms. The molecule has 1 atom stereocenters. The van der Waals surface area contributed by atoms with Gasteiger partial charge in [0.15, 0.2) is 5.65 Å². The number of fused-ring (bicyclic) bond motifs is 1. The van der Waals surface area contributed by atoms with Gasteiger partial charge in [0, 0.05) is 31.2 Å². The van der Waals surface area contributed by atoms with Gasteiger partial charge in [-0.25, -0.2) is 22.2 Å². The van der Waals surface area contributed by atoms with E-state index in [9.17, 15) is 18.3 Å². The van der Waals surface area contributed by atoms with Gasteiger partial charge in [-0.2, -0.15) is 0 Å². The molecule has 0 spiro atoms. The Morgan fingerprint density at radius 1 is 1.28 bits per heavy atom. The van der Waals surface area contributed by atoms with E-state index in [2.05, 4.69) is 24.1 Å². The van der Waals surface area contributed by atoms with Crippen LogP contribution in [0, 0.1) is 11.3 Å². The minimum absolute atomic E-state index is 0.177. The van der Waals surface area contributed by atoms with E-state index in [-0.39, 0.29) is 16.2 Å². The van der Waals surface area contributed by atoms with Crippen LogP contribution in [0.25, 0.3) is 11.0 Å². The Balaban J connectivity index is 1.62. The van der Waals surface area contributed by atoms with E-state index >= 15 is 0 Å². The van der Waals surface area contributed by atoms with Crippen molar-refractivity contribution in [1.82, 2.24) is 13.9 Å². The van der Waals surface area contributed by atoms with Crippen molar-refractivity contribution in [3.8, 4) is 0 Å². The van der Waals surface area contributed by atoms with Crippen molar-refractivity contribution in [2.75, 3.05) is 30.7 Å². The summed E-state index contributed by atoms with van der Waals surface area (Å²) in [5, 5.41) is 13.2. The molecule has 9 nitrogen and oxygen atoms in total. The van der Waals surface area contributed by atoms with Gasteiger partial charge in [0.2, 0.25) is 0 Å². The summed E-state index contributed by atoms with van der Waals surface area (Å²) in [4.78, 5) is 17.2. The summed E-state index contributed by atoms with van der Waals surface area (Å²) in [5.41, 5.74) is 7.32. The second kappa shape index (κ2) is 8.01. The average molecular weight is 458 g/mol. The van der Waals surface area contributed by atoms with Gasteiger partial charge < -0.3 is 21.1 Å². The fourth-order valence-electron chi connectivity index (χ4n) is 4.21. The predicted molar refractivity (Wildman–Crippen MR) is 123 cm³/mol. The van der Waals surface area contributed by atoms with Crippen LogP contribution in [-0.4, -0.2) is 53.1 Å². The number of nitrogen functional groups attached to an aromatic ring is 1. The summed E-state index contributed by atoms with van der Waals surface area (Å²) in [6.07, 6.45) is 2.85. The predicted octanol–water partition coefficient (Wildman–Crippen LogP) is 3.29. The summed E-state index contributed by atoms with van der Waals surface area (Å²) in [7, 11) is -3.80. The Morgan fingerprint density at radius 2 is 2.00 bits per heavy atom. The first-order valence-corrected chi connectivity index (χ1v) is 11.8. The molecule has 1 aliphatic heterocycles. The summed E-state index contributed by atoms with van der Waals surface area (Å²) >= 11 is 0. The quantitative estimate of drug-likeness (QED) is 0.518. The van der Waals surface area contributed by atoms with E-state index in [4.69, 9.17) is 5.73 Å².